The van der Waals surface area contributed by atoms with Gasteiger partial charge in [-0.15, -0.1) is 0 Å². The maximum Gasteiger partial charge on any atom is 0.161 e. The molecular weight excluding hydrogens is 166 g/mol. The Bertz CT molecular complexity index is 278. The lowest BCUT2D eigenvalue weighted by Crippen LogP contribution is -1.96. The van der Waals surface area contributed by atoms with Crippen LogP contribution in [-0.4, -0.2) is 22.1 Å². The smallest absolute Gasteiger partial charge is 0.161 e. The fraction of sp³-hybridized carbons (Fsp3) is 0.500. The Hall–Kier alpha value is -1.09. The third-order valence-electron chi connectivity index (χ3n) is 1.98. The number of hydrogen-bond donors (Lipinski definition) is 1. The molecule has 0 saturated heterocycles. The summed E-state index contributed by atoms with van der Waals surface area (Å²) < 4.78 is 1.98. The van der Waals surface area contributed by atoms with Gasteiger partial charge in [-0.1, -0.05) is 0 Å². The molecule has 1 heterocycles. The van der Waals surface area contributed by atoms with Crippen molar-refractivity contribution in [1.82, 2.24) is 4.57 Å². The molecule has 0 fully saturated rings. The summed E-state index contributed by atoms with van der Waals surface area (Å²) in [6.07, 6.45) is 5.50. The first-order chi connectivity index (χ1) is 6.24. The molecule has 0 saturated carbocycles. The van der Waals surface area contributed by atoms with Crippen LogP contribution in [0, 0.1) is 0 Å². The second kappa shape index (κ2) is 4.82. The summed E-state index contributed by atoms with van der Waals surface area (Å²) in [4.78, 5) is 10.9. The highest BCUT2D eigenvalue weighted by atomic mass is 16.2. The van der Waals surface area contributed by atoms with Gasteiger partial charge in [0.05, 0.1) is 0 Å². The van der Waals surface area contributed by atoms with E-state index in [-0.39, 0.29) is 12.4 Å². The van der Waals surface area contributed by atoms with Crippen molar-refractivity contribution in [1.29, 1.82) is 0 Å². The summed E-state index contributed by atoms with van der Waals surface area (Å²) in [6, 6.07) is 1.82. The van der Waals surface area contributed by atoms with E-state index in [0.717, 1.165) is 24.9 Å². The lowest BCUT2D eigenvalue weighted by molar-refractivity contribution is 0.101. The minimum atomic E-state index is 0.0981. The highest BCUT2D eigenvalue weighted by molar-refractivity contribution is 5.93. The number of carbonyl (C=O) groups excluding carboxylic acids is 1. The zero-order valence-electron chi connectivity index (χ0n) is 7.86. The second-order valence-electron chi connectivity index (χ2n) is 3.12. The maximum atomic E-state index is 10.9. The molecule has 0 atom stereocenters. The van der Waals surface area contributed by atoms with E-state index in [1.807, 2.05) is 23.0 Å². The van der Waals surface area contributed by atoms with Gasteiger partial charge >= 0.3 is 0 Å². The lowest BCUT2D eigenvalue weighted by atomic mass is 10.2. The van der Waals surface area contributed by atoms with Crippen molar-refractivity contribution in [2.75, 3.05) is 6.61 Å². The number of nitrogens with zero attached hydrogens (tertiary/aromatic N) is 1. The van der Waals surface area contributed by atoms with E-state index in [2.05, 4.69) is 0 Å². The Balaban J connectivity index is 2.44. The predicted molar refractivity (Wildman–Crippen MR) is 50.8 cm³/mol. The molecule has 0 unspecified atom stereocenters. The average Bonchev–Trinajstić information content (AvgIpc) is 2.53. The van der Waals surface area contributed by atoms with Gasteiger partial charge in [0.1, 0.15) is 0 Å². The lowest BCUT2D eigenvalue weighted by Gasteiger charge is -1.99. The zero-order chi connectivity index (χ0) is 9.68. The van der Waals surface area contributed by atoms with Gasteiger partial charge in [0.2, 0.25) is 0 Å². The first-order valence-electron chi connectivity index (χ1n) is 4.51. The number of ketones is 1. The third kappa shape index (κ3) is 3.03. The van der Waals surface area contributed by atoms with E-state index in [0.29, 0.717) is 0 Å². The molecule has 3 heteroatoms. The van der Waals surface area contributed by atoms with E-state index in [9.17, 15) is 4.79 Å². The van der Waals surface area contributed by atoms with Gasteiger partial charge in [-0.25, -0.2) is 0 Å². The van der Waals surface area contributed by atoms with Gasteiger partial charge in [0, 0.05) is 31.1 Å². The Kier molecular flexibility index (Phi) is 3.71. The van der Waals surface area contributed by atoms with Gasteiger partial charge in [-0.3, -0.25) is 4.79 Å². The zero-order valence-corrected chi connectivity index (χ0v) is 7.86. The molecule has 0 aliphatic carbocycles. The summed E-state index contributed by atoms with van der Waals surface area (Å²) in [7, 11) is 0. The monoisotopic (exact) mass is 181 g/mol. The maximum absolute atomic E-state index is 10.9. The Morgan fingerprint density at radius 2 is 2.31 bits per heavy atom. The van der Waals surface area contributed by atoms with Gasteiger partial charge in [0.25, 0.3) is 0 Å². The number of aliphatic hydroxyl groups is 1. The highest BCUT2D eigenvalue weighted by Crippen LogP contribution is 2.03. The van der Waals surface area contributed by atoms with Crippen molar-refractivity contribution >= 4 is 5.78 Å². The number of carbonyl (C=O) groups is 1. The number of rotatable bonds is 5. The van der Waals surface area contributed by atoms with Crippen LogP contribution in [-0.2, 0) is 6.54 Å². The fourth-order valence-electron chi connectivity index (χ4n) is 1.19. The van der Waals surface area contributed by atoms with Crippen molar-refractivity contribution in [2.24, 2.45) is 0 Å². The molecule has 0 aliphatic rings. The predicted octanol–water partition coefficient (Wildman–Crippen LogP) is 1.46. The van der Waals surface area contributed by atoms with Crippen LogP contribution in [0.2, 0.25) is 0 Å². The molecule has 0 amide bonds. The van der Waals surface area contributed by atoms with Crippen molar-refractivity contribution < 1.29 is 9.90 Å². The van der Waals surface area contributed by atoms with Gasteiger partial charge in [-0.05, 0) is 25.8 Å². The molecule has 3 nitrogen and oxygen atoms in total. The van der Waals surface area contributed by atoms with E-state index in [1.165, 1.54) is 0 Å². The van der Waals surface area contributed by atoms with Crippen molar-refractivity contribution in [2.45, 2.75) is 26.3 Å². The van der Waals surface area contributed by atoms with Crippen molar-refractivity contribution in [3.05, 3.63) is 24.0 Å². The molecule has 13 heavy (non-hydrogen) atoms. The first-order valence-corrected chi connectivity index (χ1v) is 4.51. The molecule has 0 spiro atoms. The normalized spacial score (nSPS) is 10.3. The van der Waals surface area contributed by atoms with Gasteiger partial charge in [-0.2, -0.15) is 0 Å². The van der Waals surface area contributed by atoms with Crippen LogP contribution < -0.4 is 0 Å². The Morgan fingerprint density at radius 3 is 2.85 bits per heavy atom. The number of unbranched alkanes of at least 4 members (excludes halogenated alkanes) is 1. The molecule has 72 valence electrons. The molecule has 1 aromatic rings. The molecule has 0 bridgehead atoms. The summed E-state index contributed by atoms with van der Waals surface area (Å²) in [5, 5.41) is 8.57. The quantitative estimate of drug-likeness (QED) is 0.552. The summed E-state index contributed by atoms with van der Waals surface area (Å²) >= 11 is 0. The summed E-state index contributed by atoms with van der Waals surface area (Å²) in [5.74, 6) is 0.0981. The Morgan fingerprint density at radius 1 is 1.54 bits per heavy atom. The number of aryl methyl sites for hydroxylation is 1. The van der Waals surface area contributed by atoms with Crippen LogP contribution in [0.1, 0.15) is 30.1 Å². The van der Waals surface area contributed by atoms with Crippen molar-refractivity contribution in [3.63, 3.8) is 0 Å². The molecule has 0 aromatic carbocycles. The standard InChI is InChI=1S/C10H15NO2/c1-9(13)10-4-6-11(8-10)5-2-3-7-12/h4,6,8,12H,2-3,5,7H2,1H3. The minimum Gasteiger partial charge on any atom is -0.396 e. The third-order valence-corrected chi connectivity index (χ3v) is 1.98. The SMILES string of the molecule is CC(=O)c1ccn(CCCCO)c1. The minimum absolute atomic E-state index is 0.0981. The van der Waals surface area contributed by atoms with Gasteiger partial charge < -0.3 is 9.67 Å². The van der Waals surface area contributed by atoms with Crippen LogP contribution in [0.25, 0.3) is 0 Å². The first kappa shape index (κ1) is 9.99. The van der Waals surface area contributed by atoms with E-state index >= 15 is 0 Å². The topological polar surface area (TPSA) is 42.2 Å². The highest BCUT2D eigenvalue weighted by Gasteiger charge is 2.00. The van der Waals surface area contributed by atoms with Crippen LogP contribution in [0.5, 0.6) is 0 Å². The molecule has 0 radical (unpaired) electrons. The van der Waals surface area contributed by atoms with E-state index < -0.39 is 0 Å². The largest absolute Gasteiger partial charge is 0.396 e. The fourth-order valence-corrected chi connectivity index (χ4v) is 1.19. The number of aromatic nitrogens is 1. The Labute approximate surface area is 78.0 Å². The summed E-state index contributed by atoms with van der Waals surface area (Å²) in [6.45, 7) is 2.67. The van der Waals surface area contributed by atoms with Gasteiger partial charge in [0.15, 0.2) is 5.78 Å². The summed E-state index contributed by atoms with van der Waals surface area (Å²) in [5.41, 5.74) is 0.754. The van der Waals surface area contributed by atoms with Crippen molar-refractivity contribution in [3.8, 4) is 0 Å². The molecule has 1 N–H and O–H groups in total. The molecular formula is C10H15NO2. The van der Waals surface area contributed by atoms with Crippen LogP contribution in [0.4, 0.5) is 0 Å². The molecule has 0 aliphatic heterocycles. The average molecular weight is 181 g/mol. The molecule has 1 aromatic heterocycles. The number of hydrogen-bond acceptors (Lipinski definition) is 2. The molecule has 1 rings (SSSR count). The number of Topliss-reactive ketones (excluding diaryl/α,β-unsaturated/α-hetero) is 1. The van der Waals surface area contributed by atoms with E-state index in [1.54, 1.807) is 6.92 Å². The second-order valence-corrected chi connectivity index (χ2v) is 3.12. The van der Waals surface area contributed by atoms with Crippen LogP contribution >= 0.6 is 0 Å². The van der Waals surface area contributed by atoms with E-state index in [4.69, 9.17) is 5.11 Å². The van der Waals surface area contributed by atoms with Crippen LogP contribution in [0.15, 0.2) is 18.5 Å². The van der Waals surface area contributed by atoms with Crippen LogP contribution in [0.3, 0.4) is 0 Å². The number of aliphatic hydroxyl groups excluding tert-OH is 1.